The molecule has 1 saturated carbocycles. The predicted molar refractivity (Wildman–Crippen MR) is 76.3 cm³/mol. The fourth-order valence-corrected chi connectivity index (χ4v) is 2.56. The number of nitrogens with zero attached hydrogens (tertiary/aromatic N) is 1. The molecule has 0 aromatic rings. The summed E-state index contributed by atoms with van der Waals surface area (Å²) >= 11 is 5.37. The maximum absolute atomic E-state index is 5.37. The van der Waals surface area contributed by atoms with Gasteiger partial charge in [0.25, 0.3) is 0 Å². The van der Waals surface area contributed by atoms with E-state index in [1.165, 1.54) is 32.1 Å². The van der Waals surface area contributed by atoms with E-state index in [1.807, 2.05) is 0 Å². The van der Waals surface area contributed by atoms with Crippen molar-refractivity contribution < 1.29 is 4.74 Å². The van der Waals surface area contributed by atoms with Crippen molar-refractivity contribution in [1.82, 2.24) is 10.2 Å². The zero-order valence-electron chi connectivity index (χ0n) is 11.2. The Kier molecular flexibility index (Phi) is 7.53. The number of nitrogens with one attached hydrogen (secondary N) is 1. The standard InChI is InChI=1S/C13H26N2OS/c1-15(11-12-7-4-3-5-8-12)13(17)14-9-6-10-16-2/h12H,3-11H2,1-2H3,(H,14,17). The SMILES string of the molecule is COCCCNC(=S)N(C)CC1CCCCC1. The minimum absolute atomic E-state index is 0.794. The molecule has 4 heteroatoms. The van der Waals surface area contributed by atoms with Crippen LogP contribution in [0.15, 0.2) is 0 Å². The van der Waals surface area contributed by atoms with Gasteiger partial charge in [0, 0.05) is 33.9 Å². The average molecular weight is 258 g/mol. The van der Waals surface area contributed by atoms with Crippen LogP contribution in [0.25, 0.3) is 0 Å². The Morgan fingerprint density at radius 2 is 2.06 bits per heavy atom. The third kappa shape index (κ3) is 6.22. The first kappa shape index (κ1) is 14.7. The molecule has 0 aliphatic heterocycles. The monoisotopic (exact) mass is 258 g/mol. The molecule has 0 amide bonds. The highest BCUT2D eigenvalue weighted by atomic mass is 32.1. The molecule has 17 heavy (non-hydrogen) atoms. The van der Waals surface area contributed by atoms with Gasteiger partial charge < -0.3 is 15.0 Å². The summed E-state index contributed by atoms with van der Waals surface area (Å²) in [5, 5.41) is 4.17. The average Bonchev–Trinajstić information content (AvgIpc) is 2.35. The van der Waals surface area contributed by atoms with Crippen LogP contribution in [0.1, 0.15) is 38.5 Å². The summed E-state index contributed by atoms with van der Waals surface area (Å²) in [6, 6.07) is 0. The molecule has 0 bridgehead atoms. The van der Waals surface area contributed by atoms with Crippen LogP contribution < -0.4 is 5.32 Å². The molecule has 0 unspecified atom stereocenters. The number of methoxy groups -OCH3 is 1. The van der Waals surface area contributed by atoms with Gasteiger partial charge in [-0.1, -0.05) is 19.3 Å². The van der Waals surface area contributed by atoms with E-state index >= 15 is 0 Å². The number of rotatable bonds is 6. The molecule has 0 radical (unpaired) electrons. The molecular weight excluding hydrogens is 232 g/mol. The lowest BCUT2D eigenvalue weighted by Crippen LogP contribution is -2.40. The molecule has 0 spiro atoms. The van der Waals surface area contributed by atoms with Crippen molar-refractivity contribution in [2.75, 3.05) is 33.9 Å². The molecule has 1 rings (SSSR count). The van der Waals surface area contributed by atoms with Crippen molar-refractivity contribution in [1.29, 1.82) is 0 Å². The van der Waals surface area contributed by atoms with Gasteiger partial charge in [0.1, 0.15) is 0 Å². The zero-order valence-corrected chi connectivity index (χ0v) is 12.0. The molecule has 0 heterocycles. The molecule has 1 fully saturated rings. The maximum Gasteiger partial charge on any atom is 0.168 e. The van der Waals surface area contributed by atoms with Gasteiger partial charge in [-0.2, -0.15) is 0 Å². The van der Waals surface area contributed by atoms with E-state index in [0.717, 1.165) is 37.1 Å². The van der Waals surface area contributed by atoms with Gasteiger partial charge in [0.15, 0.2) is 5.11 Å². The van der Waals surface area contributed by atoms with Crippen LogP contribution in [0, 0.1) is 5.92 Å². The third-order valence-corrected chi connectivity index (χ3v) is 3.86. The van der Waals surface area contributed by atoms with Crippen LogP contribution in [0.2, 0.25) is 0 Å². The Labute approximate surface area is 111 Å². The topological polar surface area (TPSA) is 24.5 Å². The fraction of sp³-hybridized carbons (Fsp3) is 0.923. The summed E-state index contributed by atoms with van der Waals surface area (Å²) in [7, 11) is 3.83. The Bertz CT molecular complexity index is 217. The molecule has 1 aliphatic carbocycles. The Balaban J connectivity index is 2.12. The zero-order chi connectivity index (χ0) is 12.5. The largest absolute Gasteiger partial charge is 0.385 e. The lowest BCUT2D eigenvalue weighted by molar-refractivity contribution is 0.195. The summed E-state index contributed by atoms with van der Waals surface area (Å²) in [5.74, 6) is 0.840. The highest BCUT2D eigenvalue weighted by Crippen LogP contribution is 2.23. The van der Waals surface area contributed by atoms with Gasteiger partial charge in [-0.3, -0.25) is 0 Å². The van der Waals surface area contributed by atoms with Gasteiger partial charge in [0.05, 0.1) is 0 Å². The van der Waals surface area contributed by atoms with Gasteiger partial charge in [-0.25, -0.2) is 0 Å². The second-order valence-electron chi connectivity index (χ2n) is 4.96. The van der Waals surface area contributed by atoms with E-state index in [-0.39, 0.29) is 0 Å². The van der Waals surface area contributed by atoms with E-state index in [4.69, 9.17) is 17.0 Å². The molecule has 0 aromatic carbocycles. The van der Waals surface area contributed by atoms with E-state index in [0.29, 0.717) is 0 Å². The van der Waals surface area contributed by atoms with Crippen molar-refractivity contribution in [2.45, 2.75) is 38.5 Å². The molecule has 3 nitrogen and oxygen atoms in total. The predicted octanol–water partition coefficient (Wildman–Crippen LogP) is 2.41. The quantitative estimate of drug-likeness (QED) is 0.584. The summed E-state index contributed by atoms with van der Waals surface area (Å²) in [5.41, 5.74) is 0. The molecule has 1 N–H and O–H groups in total. The lowest BCUT2D eigenvalue weighted by Gasteiger charge is -2.28. The van der Waals surface area contributed by atoms with Crippen molar-refractivity contribution in [3.63, 3.8) is 0 Å². The fourth-order valence-electron chi connectivity index (χ4n) is 2.39. The van der Waals surface area contributed by atoms with Crippen LogP contribution in [0.3, 0.4) is 0 Å². The van der Waals surface area contributed by atoms with E-state index in [2.05, 4.69) is 17.3 Å². The van der Waals surface area contributed by atoms with Crippen molar-refractivity contribution in [3.8, 4) is 0 Å². The van der Waals surface area contributed by atoms with Crippen LogP contribution >= 0.6 is 12.2 Å². The molecule has 0 saturated heterocycles. The lowest BCUT2D eigenvalue weighted by atomic mass is 9.89. The third-order valence-electron chi connectivity index (χ3n) is 3.40. The summed E-state index contributed by atoms with van der Waals surface area (Å²) in [6.45, 7) is 2.81. The molecule has 0 aromatic heterocycles. The second-order valence-corrected chi connectivity index (χ2v) is 5.35. The first-order chi connectivity index (χ1) is 8.24. The molecule has 100 valence electrons. The highest BCUT2D eigenvalue weighted by molar-refractivity contribution is 7.80. The van der Waals surface area contributed by atoms with E-state index in [9.17, 15) is 0 Å². The first-order valence-corrected chi connectivity index (χ1v) is 7.12. The van der Waals surface area contributed by atoms with Crippen LogP contribution in [0.4, 0.5) is 0 Å². The number of ether oxygens (including phenoxy) is 1. The van der Waals surface area contributed by atoms with E-state index in [1.54, 1.807) is 7.11 Å². The van der Waals surface area contributed by atoms with Gasteiger partial charge in [0.2, 0.25) is 0 Å². The number of hydrogen-bond acceptors (Lipinski definition) is 2. The molecular formula is C13H26N2OS. The molecule has 1 aliphatic rings. The highest BCUT2D eigenvalue weighted by Gasteiger charge is 2.16. The van der Waals surface area contributed by atoms with Crippen LogP contribution in [0.5, 0.6) is 0 Å². The van der Waals surface area contributed by atoms with Crippen molar-refractivity contribution in [3.05, 3.63) is 0 Å². The number of thiocarbonyl (C=S) groups is 1. The maximum atomic E-state index is 5.37. The van der Waals surface area contributed by atoms with Gasteiger partial charge >= 0.3 is 0 Å². The Morgan fingerprint density at radius 3 is 2.71 bits per heavy atom. The summed E-state index contributed by atoms with van der Waals surface area (Å²) in [6.07, 6.45) is 7.96. The van der Waals surface area contributed by atoms with Crippen LogP contribution in [-0.2, 0) is 4.74 Å². The Morgan fingerprint density at radius 1 is 1.35 bits per heavy atom. The van der Waals surface area contributed by atoms with Crippen LogP contribution in [-0.4, -0.2) is 43.9 Å². The van der Waals surface area contributed by atoms with Crippen molar-refractivity contribution >= 4 is 17.3 Å². The summed E-state index contributed by atoms with van der Waals surface area (Å²) < 4.78 is 5.01. The number of hydrogen-bond donors (Lipinski definition) is 1. The van der Waals surface area contributed by atoms with Gasteiger partial charge in [-0.15, -0.1) is 0 Å². The first-order valence-electron chi connectivity index (χ1n) is 6.72. The normalized spacial score (nSPS) is 16.8. The Hall–Kier alpha value is -0.350. The molecule has 0 atom stereocenters. The second kappa shape index (κ2) is 8.70. The van der Waals surface area contributed by atoms with Crippen molar-refractivity contribution in [2.24, 2.45) is 5.92 Å². The summed E-state index contributed by atoms with van der Waals surface area (Å²) in [4.78, 5) is 2.19. The van der Waals surface area contributed by atoms with Gasteiger partial charge in [-0.05, 0) is 37.4 Å². The van der Waals surface area contributed by atoms with E-state index < -0.39 is 0 Å². The smallest absolute Gasteiger partial charge is 0.168 e. The minimum Gasteiger partial charge on any atom is -0.385 e. The minimum atomic E-state index is 0.794.